The number of hydrogen-bond acceptors (Lipinski definition) is 2. The van der Waals surface area contributed by atoms with E-state index in [4.69, 9.17) is 0 Å². The topological polar surface area (TPSA) is 40.5 Å². The molecule has 3 unspecified atom stereocenters. The quantitative estimate of drug-likeness (QED) is 0.750. The van der Waals surface area contributed by atoms with Crippen molar-refractivity contribution in [1.82, 2.24) is 0 Å². The zero-order valence-corrected chi connectivity index (χ0v) is 11.7. The van der Waals surface area contributed by atoms with Gasteiger partial charge in [0.25, 0.3) is 0 Å². The Balaban J connectivity index is 1.92. The second-order valence-corrected chi connectivity index (χ2v) is 6.50. The highest BCUT2D eigenvalue weighted by Gasteiger charge is 2.30. The van der Waals surface area contributed by atoms with Gasteiger partial charge in [-0.25, -0.2) is 0 Å². The molecule has 0 aromatic carbocycles. The summed E-state index contributed by atoms with van der Waals surface area (Å²) < 4.78 is 0. The first-order valence-electron chi connectivity index (χ1n) is 8.13. The molecular weight excluding hydrogens is 224 g/mol. The van der Waals surface area contributed by atoms with Crippen LogP contribution in [0.15, 0.2) is 0 Å². The van der Waals surface area contributed by atoms with Gasteiger partial charge in [0.15, 0.2) is 0 Å². The van der Waals surface area contributed by atoms with Gasteiger partial charge >= 0.3 is 0 Å². The van der Waals surface area contributed by atoms with Gasteiger partial charge in [-0.1, -0.05) is 44.9 Å². The molecule has 0 bridgehead atoms. The lowest BCUT2D eigenvalue weighted by atomic mass is 9.74. The number of aliphatic hydroxyl groups is 2. The van der Waals surface area contributed by atoms with Gasteiger partial charge in [0.1, 0.15) is 0 Å². The molecule has 2 aliphatic carbocycles. The lowest BCUT2D eigenvalue weighted by Crippen LogP contribution is -2.31. The molecule has 2 aliphatic rings. The normalized spacial score (nSPS) is 37.3. The average Bonchev–Trinajstić information content (AvgIpc) is 2.29. The van der Waals surface area contributed by atoms with Crippen LogP contribution in [0.25, 0.3) is 0 Å². The largest absolute Gasteiger partial charge is 0.393 e. The van der Waals surface area contributed by atoms with Crippen molar-refractivity contribution in [2.24, 2.45) is 11.8 Å². The maximum absolute atomic E-state index is 10.4. The summed E-state index contributed by atoms with van der Waals surface area (Å²) in [5.74, 6) is 1.17. The lowest BCUT2D eigenvalue weighted by Gasteiger charge is -2.34. The van der Waals surface area contributed by atoms with Crippen LogP contribution in [0.3, 0.4) is 0 Å². The van der Waals surface area contributed by atoms with E-state index in [1.165, 1.54) is 44.9 Å². The third-order valence-electron chi connectivity index (χ3n) is 5.12. The van der Waals surface area contributed by atoms with Gasteiger partial charge in [0, 0.05) is 0 Å². The van der Waals surface area contributed by atoms with Crippen molar-refractivity contribution in [3.05, 3.63) is 0 Å². The molecule has 0 heterocycles. The van der Waals surface area contributed by atoms with Gasteiger partial charge in [-0.2, -0.15) is 0 Å². The maximum atomic E-state index is 10.4. The zero-order chi connectivity index (χ0) is 12.8. The summed E-state index contributed by atoms with van der Waals surface area (Å²) in [7, 11) is 0. The third kappa shape index (κ3) is 4.24. The van der Waals surface area contributed by atoms with Crippen LogP contribution < -0.4 is 0 Å². The first-order chi connectivity index (χ1) is 8.77. The van der Waals surface area contributed by atoms with Crippen molar-refractivity contribution in [1.29, 1.82) is 0 Å². The summed E-state index contributed by atoms with van der Waals surface area (Å²) in [5.41, 5.74) is 0. The predicted molar refractivity (Wildman–Crippen MR) is 74.4 cm³/mol. The first kappa shape index (κ1) is 14.3. The molecule has 18 heavy (non-hydrogen) atoms. The molecule has 2 nitrogen and oxygen atoms in total. The minimum absolute atomic E-state index is 0.109. The summed E-state index contributed by atoms with van der Waals surface area (Å²) in [6, 6.07) is 0. The second kappa shape index (κ2) is 7.49. The van der Waals surface area contributed by atoms with E-state index >= 15 is 0 Å². The maximum Gasteiger partial charge on any atom is 0.0571 e. The Labute approximate surface area is 112 Å². The van der Waals surface area contributed by atoms with Crippen LogP contribution in [0.1, 0.15) is 77.0 Å². The SMILES string of the molecule is OC1CCCC(O)C(C2CCCCCCC2)CC1. The van der Waals surface area contributed by atoms with Crippen molar-refractivity contribution >= 4 is 0 Å². The summed E-state index contributed by atoms with van der Waals surface area (Å²) in [6.45, 7) is 0. The molecule has 0 spiro atoms. The van der Waals surface area contributed by atoms with Crippen molar-refractivity contribution < 1.29 is 10.2 Å². The van der Waals surface area contributed by atoms with E-state index in [2.05, 4.69) is 0 Å². The molecule has 106 valence electrons. The third-order valence-corrected chi connectivity index (χ3v) is 5.12. The van der Waals surface area contributed by atoms with Crippen molar-refractivity contribution in [3.8, 4) is 0 Å². The Hall–Kier alpha value is -0.0800. The summed E-state index contributed by atoms with van der Waals surface area (Å²) in [6.07, 6.45) is 13.9. The van der Waals surface area contributed by atoms with E-state index in [-0.39, 0.29) is 12.2 Å². The van der Waals surface area contributed by atoms with E-state index in [1.807, 2.05) is 0 Å². The van der Waals surface area contributed by atoms with Gasteiger partial charge in [0.2, 0.25) is 0 Å². The number of aliphatic hydroxyl groups excluding tert-OH is 2. The fraction of sp³-hybridized carbons (Fsp3) is 1.00. The second-order valence-electron chi connectivity index (χ2n) is 6.50. The molecule has 2 heteroatoms. The Morgan fingerprint density at radius 2 is 1.22 bits per heavy atom. The van der Waals surface area contributed by atoms with Gasteiger partial charge in [0.05, 0.1) is 12.2 Å². The van der Waals surface area contributed by atoms with Crippen LogP contribution in [0.4, 0.5) is 0 Å². The fourth-order valence-electron chi connectivity index (χ4n) is 3.96. The smallest absolute Gasteiger partial charge is 0.0571 e. The van der Waals surface area contributed by atoms with Crippen molar-refractivity contribution in [2.45, 2.75) is 89.3 Å². The van der Waals surface area contributed by atoms with E-state index < -0.39 is 0 Å². The Kier molecular flexibility index (Phi) is 5.97. The summed E-state index contributed by atoms with van der Waals surface area (Å²) in [5, 5.41) is 20.2. The van der Waals surface area contributed by atoms with Crippen LogP contribution in [0, 0.1) is 11.8 Å². The predicted octanol–water partition coefficient (Wildman–Crippen LogP) is 3.65. The monoisotopic (exact) mass is 254 g/mol. The summed E-state index contributed by atoms with van der Waals surface area (Å²) in [4.78, 5) is 0. The van der Waals surface area contributed by atoms with Crippen LogP contribution in [0.2, 0.25) is 0 Å². The van der Waals surface area contributed by atoms with Crippen LogP contribution in [-0.2, 0) is 0 Å². The van der Waals surface area contributed by atoms with Crippen LogP contribution >= 0.6 is 0 Å². The highest BCUT2D eigenvalue weighted by Crippen LogP contribution is 2.36. The fourth-order valence-corrected chi connectivity index (χ4v) is 3.96. The molecule has 2 saturated carbocycles. The molecule has 2 rings (SSSR count). The van der Waals surface area contributed by atoms with Gasteiger partial charge < -0.3 is 10.2 Å². The molecule has 0 aromatic heterocycles. The molecular formula is C16H30O2. The van der Waals surface area contributed by atoms with Gasteiger partial charge in [-0.15, -0.1) is 0 Å². The zero-order valence-electron chi connectivity index (χ0n) is 11.7. The molecule has 0 aromatic rings. The van der Waals surface area contributed by atoms with Crippen LogP contribution in [-0.4, -0.2) is 22.4 Å². The highest BCUT2D eigenvalue weighted by atomic mass is 16.3. The van der Waals surface area contributed by atoms with E-state index in [1.54, 1.807) is 0 Å². The number of rotatable bonds is 1. The minimum atomic E-state index is -0.117. The average molecular weight is 254 g/mol. The number of hydrogen-bond donors (Lipinski definition) is 2. The molecule has 2 fully saturated rings. The molecule has 0 aliphatic heterocycles. The lowest BCUT2D eigenvalue weighted by molar-refractivity contribution is 0.0211. The molecule has 0 saturated heterocycles. The highest BCUT2D eigenvalue weighted by molar-refractivity contribution is 4.81. The Morgan fingerprint density at radius 1 is 0.556 bits per heavy atom. The Morgan fingerprint density at radius 3 is 1.94 bits per heavy atom. The standard InChI is InChI=1S/C16H30O2/c17-14-9-6-10-16(18)15(12-11-14)13-7-4-2-1-3-5-8-13/h13-18H,1-12H2. The van der Waals surface area contributed by atoms with E-state index in [9.17, 15) is 10.2 Å². The molecule has 2 N–H and O–H groups in total. The molecule has 0 amide bonds. The van der Waals surface area contributed by atoms with Crippen LogP contribution in [0.5, 0.6) is 0 Å². The minimum Gasteiger partial charge on any atom is -0.393 e. The van der Waals surface area contributed by atoms with E-state index in [0.717, 1.165) is 32.1 Å². The van der Waals surface area contributed by atoms with Crippen molar-refractivity contribution in [2.75, 3.05) is 0 Å². The molecule has 0 radical (unpaired) electrons. The van der Waals surface area contributed by atoms with Gasteiger partial charge in [-0.3, -0.25) is 0 Å². The first-order valence-corrected chi connectivity index (χ1v) is 8.13. The van der Waals surface area contributed by atoms with Gasteiger partial charge in [-0.05, 0) is 43.9 Å². The molecule has 3 atom stereocenters. The van der Waals surface area contributed by atoms with Crippen molar-refractivity contribution in [3.63, 3.8) is 0 Å². The Bertz CT molecular complexity index is 221. The summed E-state index contributed by atoms with van der Waals surface area (Å²) >= 11 is 0. The van der Waals surface area contributed by atoms with E-state index in [0.29, 0.717) is 11.8 Å².